The molecule has 2 rings (SSSR count). The van der Waals surface area contributed by atoms with Gasteiger partial charge >= 0.3 is 0 Å². The summed E-state index contributed by atoms with van der Waals surface area (Å²) in [4.78, 5) is 4.26. The molecule has 2 heterocycles. The van der Waals surface area contributed by atoms with Crippen LogP contribution >= 0.6 is 15.9 Å². The molecule has 1 N–H and O–H groups in total. The Morgan fingerprint density at radius 2 is 2.31 bits per heavy atom. The summed E-state index contributed by atoms with van der Waals surface area (Å²) in [6.45, 7) is 0.116. The van der Waals surface area contributed by atoms with Gasteiger partial charge in [0.05, 0.1) is 11.9 Å². The van der Waals surface area contributed by atoms with E-state index in [1.807, 2.05) is 18.3 Å². The summed E-state index contributed by atoms with van der Waals surface area (Å²) >= 11 is 3.27. The van der Waals surface area contributed by atoms with Crippen molar-refractivity contribution in [2.45, 2.75) is 6.42 Å². The first kappa shape index (κ1) is 8.65. The van der Waals surface area contributed by atoms with Gasteiger partial charge in [-0.25, -0.2) is 9.50 Å². The van der Waals surface area contributed by atoms with E-state index >= 15 is 0 Å². The Labute approximate surface area is 83.3 Å². The number of aliphatic hydroxyl groups excluding tert-OH is 1. The van der Waals surface area contributed by atoms with E-state index in [0.717, 1.165) is 15.9 Å². The zero-order valence-electron chi connectivity index (χ0n) is 6.81. The highest BCUT2D eigenvalue weighted by Crippen LogP contribution is 2.08. The van der Waals surface area contributed by atoms with Crippen LogP contribution in [0.1, 0.15) is 5.69 Å². The van der Waals surface area contributed by atoms with Crippen LogP contribution in [-0.2, 0) is 6.42 Å². The maximum absolute atomic E-state index is 8.72. The van der Waals surface area contributed by atoms with Crippen molar-refractivity contribution in [3.05, 3.63) is 28.6 Å². The molecule has 0 aromatic carbocycles. The molecule has 0 unspecified atom stereocenters. The van der Waals surface area contributed by atoms with Gasteiger partial charge in [0.25, 0.3) is 0 Å². The van der Waals surface area contributed by atoms with Crippen molar-refractivity contribution in [1.82, 2.24) is 14.6 Å². The molecule has 0 aliphatic carbocycles. The maximum Gasteiger partial charge on any atom is 0.153 e. The van der Waals surface area contributed by atoms with Crippen LogP contribution in [0.2, 0.25) is 0 Å². The largest absolute Gasteiger partial charge is 0.396 e. The zero-order valence-corrected chi connectivity index (χ0v) is 8.40. The summed E-state index contributed by atoms with van der Waals surface area (Å²) in [6, 6.07) is 3.71. The van der Waals surface area contributed by atoms with E-state index in [1.54, 1.807) is 4.52 Å². The number of halogens is 1. The lowest BCUT2D eigenvalue weighted by molar-refractivity contribution is 0.298. The molecule has 0 fully saturated rings. The van der Waals surface area contributed by atoms with Crippen molar-refractivity contribution in [3.8, 4) is 0 Å². The average Bonchev–Trinajstić information content (AvgIpc) is 2.46. The number of nitrogens with zero attached hydrogens (tertiary/aromatic N) is 3. The molecular weight excluding hydrogens is 234 g/mol. The normalized spacial score (nSPS) is 10.9. The second-order valence-electron chi connectivity index (χ2n) is 2.66. The lowest BCUT2D eigenvalue weighted by atomic mass is 10.4. The van der Waals surface area contributed by atoms with Gasteiger partial charge in [-0.1, -0.05) is 0 Å². The Hall–Kier alpha value is -0.940. The smallest absolute Gasteiger partial charge is 0.153 e. The molecule has 68 valence electrons. The third kappa shape index (κ3) is 1.71. The fourth-order valence-corrected chi connectivity index (χ4v) is 1.45. The van der Waals surface area contributed by atoms with E-state index in [-0.39, 0.29) is 6.61 Å². The maximum atomic E-state index is 8.72. The number of aliphatic hydroxyl groups is 1. The first-order valence-electron chi connectivity index (χ1n) is 3.91. The van der Waals surface area contributed by atoms with Crippen LogP contribution in [0.15, 0.2) is 22.9 Å². The topological polar surface area (TPSA) is 50.4 Å². The molecule has 0 saturated heterocycles. The molecule has 0 bridgehead atoms. The molecule has 4 nitrogen and oxygen atoms in total. The Balaban J connectivity index is 2.49. The summed E-state index contributed by atoms with van der Waals surface area (Å²) in [7, 11) is 0. The highest BCUT2D eigenvalue weighted by Gasteiger charge is 2.01. The van der Waals surface area contributed by atoms with Crippen molar-refractivity contribution in [2.75, 3.05) is 6.61 Å². The summed E-state index contributed by atoms with van der Waals surface area (Å²) in [5, 5.41) is 12.9. The molecule has 0 atom stereocenters. The third-order valence-corrected chi connectivity index (χ3v) is 2.13. The predicted molar refractivity (Wildman–Crippen MR) is 51.5 cm³/mol. The predicted octanol–water partition coefficient (Wildman–Crippen LogP) is 1.03. The van der Waals surface area contributed by atoms with Crippen LogP contribution in [0.4, 0.5) is 0 Å². The minimum Gasteiger partial charge on any atom is -0.396 e. The summed E-state index contributed by atoms with van der Waals surface area (Å²) in [5.41, 5.74) is 1.65. The van der Waals surface area contributed by atoms with Gasteiger partial charge in [-0.2, -0.15) is 5.10 Å². The van der Waals surface area contributed by atoms with E-state index in [1.165, 1.54) is 0 Å². The highest BCUT2D eigenvalue weighted by molar-refractivity contribution is 9.10. The Morgan fingerprint density at radius 3 is 3.08 bits per heavy atom. The Kier molecular flexibility index (Phi) is 2.28. The van der Waals surface area contributed by atoms with Crippen molar-refractivity contribution >= 4 is 21.6 Å². The molecule has 0 radical (unpaired) electrons. The highest BCUT2D eigenvalue weighted by atomic mass is 79.9. The van der Waals surface area contributed by atoms with Crippen molar-refractivity contribution in [3.63, 3.8) is 0 Å². The van der Waals surface area contributed by atoms with Crippen LogP contribution in [0.5, 0.6) is 0 Å². The molecule has 2 aromatic heterocycles. The molecule has 5 heteroatoms. The monoisotopic (exact) mass is 241 g/mol. The molecule has 0 saturated carbocycles. The average molecular weight is 242 g/mol. The molecule has 0 amide bonds. The molecular formula is C8H8BrN3O. The molecule has 0 aliphatic heterocycles. The van der Waals surface area contributed by atoms with Crippen LogP contribution in [-0.4, -0.2) is 26.3 Å². The van der Waals surface area contributed by atoms with Gasteiger partial charge in [0.15, 0.2) is 5.65 Å². The molecule has 0 spiro atoms. The van der Waals surface area contributed by atoms with Gasteiger partial charge in [0, 0.05) is 13.0 Å². The number of hydrogen-bond acceptors (Lipinski definition) is 3. The lowest BCUT2D eigenvalue weighted by Gasteiger charge is -1.90. The van der Waals surface area contributed by atoms with Crippen LogP contribution in [0, 0.1) is 0 Å². The summed E-state index contributed by atoms with van der Waals surface area (Å²) in [5.74, 6) is 0. The standard InChI is InChI=1S/C8H8BrN3O/c9-7-1-2-8-10-6(3-4-13)5-12(8)11-7/h1-2,5,13H,3-4H2. The first-order valence-corrected chi connectivity index (χ1v) is 4.70. The van der Waals surface area contributed by atoms with Gasteiger partial charge in [0.1, 0.15) is 4.60 Å². The van der Waals surface area contributed by atoms with E-state index in [2.05, 4.69) is 26.0 Å². The van der Waals surface area contributed by atoms with Gasteiger partial charge in [-0.05, 0) is 28.1 Å². The second-order valence-corrected chi connectivity index (χ2v) is 3.48. The zero-order chi connectivity index (χ0) is 9.26. The number of fused-ring (bicyclic) bond motifs is 1. The fourth-order valence-electron chi connectivity index (χ4n) is 1.14. The van der Waals surface area contributed by atoms with E-state index < -0.39 is 0 Å². The van der Waals surface area contributed by atoms with Crippen molar-refractivity contribution in [1.29, 1.82) is 0 Å². The lowest BCUT2D eigenvalue weighted by Crippen LogP contribution is -1.89. The van der Waals surface area contributed by atoms with Crippen LogP contribution < -0.4 is 0 Å². The van der Waals surface area contributed by atoms with E-state index in [0.29, 0.717) is 6.42 Å². The van der Waals surface area contributed by atoms with E-state index in [4.69, 9.17) is 5.11 Å². The second kappa shape index (κ2) is 3.43. The minimum atomic E-state index is 0.116. The first-order chi connectivity index (χ1) is 6.29. The minimum absolute atomic E-state index is 0.116. The SMILES string of the molecule is OCCc1cn2nc(Br)ccc2n1. The quantitative estimate of drug-likeness (QED) is 0.855. The van der Waals surface area contributed by atoms with Crippen molar-refractivity contribution in [2.24, 2.45) is 0 Å². The number of aromatic nitrogens is 3. The Bertz CT molecular complexity index is 426. The van der Waals surface area contributed by atoms with Crippen LogP contribution in [0.25, 0.3) is 5.65 Å². The van der Waals surface area contributed by atoms with Gasteiger partial charge in [-0.15, -0.1) is 0 Å². The number of hydrogen-bond donors (Lipinski definition) is 1. The molecule has 2 aromatic rings. The van der Waals surface area contributed by atoms with Crippen molar-refractivity contribution < 1.29 is 5.11 Å². The fraction of sp³-hybridized carbons (Fsp3) is 0.250. The number of imidazole rings is 1. The summed E-state index contributed by atoms with van der Waals surface area (Å²) in [6.07, 6.45) is 2.39. The molecule has 0 aliphatic rings. The molecule has 13 heavy (non-hydrogen) atoms. The summed E-state index contributed by atoms with van der Waals surface area (Å²) < 4.78 is 2.46. The number of rotatable bonds is 2. The Morgan fingerprint density at radius 1 is 1.46 bits per heavy atom. The van der Waals surface area contributed by atoms with Gasteiger partial charge in [-0.3, -0.25) is 0 Å². The van der Waals surface area contributed by atoms with Gasteiger partial charge < -0.3 is 5.11 Å². The van der Waals surface area contributed by atoms with Crippen LogP contribution in [0.3, 0.4) is 0 Å². The van der Waals surface area contributed by atoms with E-state index in [9.17, 15) is 0 Å². The third-order valence-electron chi connectivity index (χ3n) is 1.71. The van der Waals surface area contributed by atoms with Gasteiger partial charge in [0.2, 0.25) is 0 Å².